The van der Waals surface area contributed by atoms with Gasteiger partial charge in [0.05, 0.1) is 59.5 Å². The topological polar surface area (TPSA) is 188 Å². The molecule has 422 valence electrons. The van der Waals surface area contributed by atoms with E-state index in [2.05, 4.69) is 16.6 Å². The lowest BCUT2D eigenvalue weighted by molar-refractivity contribution is -0.335. The van der Waals surface area contributed by atoms with Crippen LogP contribution in [0.2, 0.25) is 0 Å². The number of aliphatic hydroxyl groups is 1. The number of aliphatic hydroxyl groups excluding tert-OH is 1. The lowest BCUT2D eigenvalue weighted by atomic mass is 9.83. The van der Waals surface area contributed by atoms with Crippen molar-refractivity contribution in [2.45, 2.75) is 114 Å². The first-order chi connectivity index (χ1) is 39.9. The first-order valence-electron chi connectivity index (χ1n) is 27.0. The Hall–Kier alpha value is -6.66. The molecule has 17 heteroatoms. The first kappa shape index (κ1) is 59.0. The summed E-state index contributed by atoms with van der Waals surface area (Å²) in [5, 5.41) is 15.7. The number of hydrogen-bond acceptors (Lipinski definition) is 14. The van der Waals surface area contributed by atoms with E-state index in [9.17, 15) is 10.6 Å². The molecule has 2 aliphatic rings. The highest BCUT2D eigenvalue weighted by molar-refractivity contribution is 7.48. The minimum absolute atomic E-state index is 0.0162. The van der Waals surface area contributed by atoms with Gasteiger partial charge in [-0.05, 0) is 44.5 Å². The Balaban J connectivity index is 1.19. The molecular weight excluding hydrogens is 1050 g/mol. The fraction of sp³-hybridized carbons (Fsp3) is 0.312. The van der Waals surface area contributed by atoms with E-state index in [4.69, 9.17) is 51.5 Å². The van der Waals surface area contributed by atoms with Gasteiger partial charge in [0.25, 0.3) is 0 Å². The average molecular weight is 1120 g/mol. The van der Waals surface area contributed by atoms with E-state index >= 15 is 4.57 Å². The van der Waals surface area contributed by atoms with Crippen molar-refractivity contribution in [3.63, 3.8) is 0 Å². The van der Waals surface area contributed by atoms with E-state index in [0.717, 1.165) is 27.8 Å². The molecule has 0 unspecified atom stereocenters. The van der Waals surface area contributed by atoms with Gasteiger partial charge < -0.3 is 43.0 Å². The maximum atomic E-state index is 15.9. The van der Waals surface area contributed by atoms with Crippen LogP contribution in [0.25, 0.3) is 10.4 Å². The number of nitrogens with zero attached hydrogens (tertiary/aromatic N) is 3. The zero-order valence-electron chi connectivity index (χ0n) is 44.8. The summed E-state index contributed by atoms with van der Waals surface area (Å²) >= 11 is 0. The molecule has 0 aromatic heterocycles. The number of benzene rings is 7. The number of phosphoric ester groups is 1. The highest BCUT2D eigenvalue weighted by Gasteiger charge is 2.59. The van der Waals surface area contributed by atoms with Gasteiger partial charge in [-0.3, -0.25) is 13.6 Å². The zero-order chi connectivity index (χ0) is 55.9. The summed E-state index contributed by atoms with van der Waals surface area (Å²) in [6.07, 6.45) is -10.7. The summed E-state index contributed by atoms with van der Waals surface area (Å²) in [5.41, 5.74) is 16.0. The van der Waals surface area contributed by atoms with Crippen molar-refractivity contribution >= 4 is 7.82 Å². The summed E-state index contributed by atoms with van der Waals surface area (Å²) in [6.45, 7) is 3.37. The Morgan fingerprint density at radius 2 is 0.778 bits per heavy atom. The lowest BCUT2D eigenvalue weighted by Gasteiger charge is -2.52. The van der Waals surface area contributed by atoms with Crippen LogP contribution in [0.3, 0.4) is 0 Å². The third kappa shape index (κ3) is 17.0. The van der Waals surface area contributed by atoms with Crippen molar-refractivity contribution in [2.75, 3.05) is 13.2 Å². The molecule has 9 rings (SSSR count). The van der Waals surface area contributed by atoms with Gasteiger partial charge in [0.15, 0.2) is 6.29 Å². The Morgan fingerprint density at radius 1 is 0.457 bits per heavy atom. The Morgan fingerprint density at radius 3 is 1.12 bits per heavy atom. The monoisotopic (exact) mass is 1120 g/mol. The van der Waals surface area contributed by atoms with Crippen LogP contribution in [-0.4, -0.2) is 85.6 Å². The van der Waals surface area contributed by atoms with Gasteiger partial charge >= 0.3 is 7.82 Å². The van der Waals surface area contributed by atoms with Crippen LogP contribution < -0.4 is 0 Å². The predicted octanol–water partition coefficient (Wildman–Crippen LogP) is 12.2. The summed E-state index contributed by atoms with van der Waals surface area (Å²) < 4.78 is 91.2. The maximum absolute atomic E-state index is 15.9. The summed E-state index contributed by atoms with van der Waals surface area (Å²) in [5.74, 6) is 0. The Labute approximate surface area is 473 Å². The first-order valence-corrected chi connectivity index (χ1v) is 28.5. The van der Waals surface area contributed by atoms with E-state index in [-0.39, 0.29) is 52.9 Å². The highest BCUT2D eigenvalue weighted by atomic mass is 31.2. The molecule has 7 aromatic rings. The van der Waals surface area contributed by atoms with E-state index in [1.165, 1.54) is 0 Å². The van der Waals surface area contributed by atoms with Gasteiger partial charge in [-0.2, -0.15) is 0 Å². The smallest absolute Gasteiger partial charge is 0.394 e. The quantitative estimate of drug-likeness (QED) is 0.0147. The highest BCUT2D eigenvalue weighted by Crippen LogP contribution is 2.55. The van der Waals surface area contributed by atoms with Crippen molar-refractivity contribution in [1.29, 1.82) is 0 Å². The second-order valence-corrected chi connectivity index (χ2v) is 21.1. The molecule has 2 fully saturated rings. The van der Waals surface area contributed by atoms with Gasteiger partial charge in [-0.15, -0.1) is 6.58 Å². The molecule has 81 heavy (non-hydrogen) atoms. The van der Waals surface area contributed by atoms with E-state index < -0.39 is 81.7 Å². The molecule has 0 amide bonds. The minimum atomic E-state index is -4.76. The van der Waals surface area contributed by atoms with Gasteiger partial charge in [0.2, 0.25) is 0 Å². The summed E-state index contributed by atoms with van der Waals surface area (Å²) in [7, 11) is -4.76. The molecule has 0 radical (unpaired) electrons. The summed E-state index contributed by atoms with van der Waals surface area (Å²) in [4.78, 5) is 3.33. The fourth-order valence-corrected chi connectivity index (χ4v) is 11.1. The van der Waals surface area contributed by atoms with Crippen LogP contribution in [0.15, 0.2) is 230 Å². The van der Waals surface area contributed by atoms with E-state index in [1.807, 2.05) is 212 Å². The largest absolute Gasteiger partial charge is 0.475 e. The molecule has 16 nitrogen and oxygen atoms in total. The van der Waals surface area contributed by atoms with Crippen LogP contribution in [0, 0.1) is 0 Å². The third-order valence-electron chi connectivity index (χ3n) is 13.8. The lowest BCUT2D eigenvalue weighted by Crippen LogP contribution is -2.69. The Kier molecular flexibility index (Phi) is 22.5. The molecule has 1 saturated carbocycles. The third-order valence-corrected chi connectivity index (χ3v) is 15.2. The van der Waals surface area contributed by atoms with Gasteiger partial charge in [-0.1, -0.05) is 224 Å². The predicted molar refractivity (Wildman–Crippen MR) is 304 cm³/mol. The molecule has 7 aromatic carbocycles. The van der Waals surface area contributed by atoms with Crippen LogP contribution in [0.1, 0.15) is 38.9 Å². The van der Waals surface area contributed by atoms with Crippen molar-refractivity contribution < 1.29 is 61.1 Å². The average Bonchev–Trinajstić information content (AvgIpc) is 3.70. The molecule has 1 heterocycles. The molecule has 1 aliphatic carbocycles. The number of hydrogen-bond donors (Lipinski definition) is 1. The van der Waals surface area contributed by atoms with E-state index in [1.54, 1.807) is 6.08 Å². The van der Waals surface area contributed by atoms with Crippen LogP contribution >= 0.6 is 7.82 Å². The van der Waals surface area contributed by atoms with Gasteiger partial charge in [0.1, 0.15) is 61.0 Å². The number of azide groups is 1. The molecule has 0 spiro atoms. The standard InChI is InChI=1S/C64H68N3O13P/c1-2-38-70-61-59(74-43-50-30-16-6-17-31-50)58(73-42-49-28-14-5-15-29-49)60(75-44-51-32-18-7-19-33-51)62(63(61)80-81(69,76-45-52-34-20-8-21-35-52)77-46-53-36-22-9-23-37-53)79-64-55(66-67-65)57(72-41-48-26-12-4-13-27-48)56(54(39-68)78-64)71-40-47-24-10-3-11-25-47/h2-37,54-64,68H,1,38-46H2/t54-,55-,56-,57-,58-,59-,60+,61-,62-,63-,64-/m1/s1. The fourth-order valence-electron chi connectivity index (χ4n) is 9.75. The number of phosphoric acid groups is 1. The zero-order valence-corrected chi connectivity index (χ0v) is 45.7. The second kappa shape index (κ2) is 31.0. The van der Waals surface area contributed by atoms with Crippen molar-refractivity contribution in [3.8, 4) is 0 Å². The molecule has 1 saturated heterocycles. The molecule has 1 N–H and O–H groups in total. The van der Waals surface area contributed by atoms with Gasteiger partial charge in [0, 0.05) is 4.91 Å². The summed E-state index contributed by atoms with van der Waals surface area (Å²) in [6, 6.07) is 65.0. The van der Waals surface area contributed by atoms with Crippen molar-refractivity contribution in [3.05, 3.63) is 274 Å². The number of ether oxygens (including phenoxy) is 8. The normalized spacial score (nSPS) is 23.7. The Bertz CT molecular complexity index is 2960. The minimum Gasteiger partial charge on any atom is -0.394 e. The number of rotatable bonds is 30. The SMILES string of the molecule is C=CCO[C@@H]1[C@H](OCc2ccccc2)[C@@H](OCc2ccccc2)[C@H](OCc2ccccc2)[C@@H](O[C@H]2O[C@H](CO)[C@@H](OCc3ccccc3)[C@H](OCc3ccccc3)[C@H]2N=[N+]=[N-])[C@@H]1OP(=O)(OCc1ccccc1)OCc1ccccc1. The molecular formula is C64H68N3O13P. The van der Waals surface area contributed by atoms with E-state index in [0.29, 0.717) is 11.1 Å². The van der Waals surface area contributed by atoms with Crippen LogP contribution in [-0.2, 0) is 102 Å². The second-order valence-electron chi connectivity index (χ2n) is 19.4. The maximum Gasteiger partial charge on any atom is 0.475 e. The molecule has 0 bridgehead atoms. The van der Waals surface area contributed by atoms with Crippen LogP contribution in [0.5, 0.6) is 0 Å². The van der Waals surface area contributed by atoms with Gasteiger partial charge in [-0.25, -0.2) is 4.57 Å². The van der Waals surface area contributed by atoms with Crippen molar-refractivity contribution in [2.24, 2.45) is 5.11 Å². The van der Waals surface area contributed by atoms with Crippen molar-refractivity contribution in [1.82, 2.24) is 0 Å². The molecule has 11 atom stereocenters. The molecule has 1 aliphatic heterocycles. The van der Waals surface area contributed by atoms with Crippen LogP contribution in [0.4, 0.5) is 0 Å².